The van der Waals surface area contributed by atoms with Crippen molar-refractivity contribution in [2.24, 2.45) is 5.92 Å². The number of hydrogen-bond donors (Lipinski definition) is 1. The van der Waals surface area contributed by atoms with Crippen molar-refractivity contribution in [3.63, 3.8) is 0 Å². The molecule has 1 aliphatic carbocycles. The summed E-state index contributed by atoms with van der Waals surface area (Å²) in [7, 11) is 0. The van der Waals surface area contributed by atoms with Gasteiger partial charge in [-0.05, 0) is 82.0 Å². The molecular weight excluding hydrogens is 470 g/mol. The molecular formula is C33H42N3O2+. The number of piperazine rings is 1. The number of allylic oxidation sites excluding steroid dienone is 1. The summed E-state index contributed by atoms with van der Waals surface area (Å²) >= 11 is 0. The van der Waals surface area contributed by atoms with E-state index in [9.17, 15) is 4.79 Å². The van der Waals surface area contributed by atoms with Gasteiger partial charge in [-0.1, -0.05) is 24.1 Å². The van der Waals surface area contributed by atoms with Gasteiger partial charge in [0.2, 0.25) is 5.69 Å². The molecule has 1 unspecified atom stereocenters. The van der Waals surface area contributed by atoms with Crippen LogP contribution in [0.25, 0.3) is 6.08 Å². The quantitative estimate of drug-likeness (QED) is 0.376. The van der Waals surface area contributed by atoms with Crippen LogP contribution >= 0.6 is 0 Å². The highest BCUT2D eigenvalue weighted by molar-refractivity contribution is 6.11. The Morgan fingerprint density at radius 3 is 2.66 bits per heavy atom. The van der Waals surface area contributed by atoms with E-state index in [1.165, 1.54) is 45.8 Å². The Bertz CT molecular complexity index is 1310. The fourth-order valence-corrected chi connectivity index (χ4v) is 7.31. The molecule has 0 aromatic heterocycles. The van der Waals surface area contributed by atoms with Crippen molar-refractivity contribution >= 4 is 29.1 Å². The lowest BCUT2D eigenvalue weighted by Gasteiger charge is -2.37. The zero-order valence-corrected chi connectivity index (χ0v) is 23.3. The maximum absolute atomic E-state index is 10.7. The number of fused-ring (bicyclic) bond motifs is 5. The van der Waals surface area contributed by atoms with E-state index in [0.29, 0.717) is 12.3 Å². The molecule has 38 heavy (non-hydrogen) atoms. The zero-order chi connectivity index (χ0) is 26.4. The lowest BCUT2D eigenvalue weighted by molar-refractivity contribution is -0.443. The lowest BCUT2D eigenvalue weighted by atomic mass is 9.70. The van der Waals surface area contributed by atoms with Crippen LogP contribution in [0, 0.1) is 12.8 Å². The number of aliphatic carboxylic acids is 1. The minimum atomic E-state index is -0.678. The fraction of sp³-hybridized carbons (Fsp3) is 0.515. The first-order valence-electron chi connectivity index (χ1n) is 14.6. The van der Waals surface area contributed by atoms with Gasteiger partial charge in [0, 0.05) is 67.8 Å². The van der Waals surface area contributed by atoms with Gasteiger partial charge in [-0.25, -0.2) is 0 Å². The number of benzene rings is 2. The molecule has 3 heterocycles. The number of unbranched alkanes of at least 4 members (excludes halogenated alkanes) is 2. The third kappa shape index (κ3) is 4.59. The summed E-state index contributed by atoms with van der Waals surface area (Å²) in [4.78, 5) is 15.8. The second-order valence-electron chi connectivity index (χ2n) is 12.4. The van der Waals surface area contributed by atoms with Crippen LogP contribution in [0.1, 0.15) is 68.2 Å². The van der Waals surface area contributed by atoms with Crippen molar-refractivity contribution in [1.29, 1.82) is 0 Å². The molecule has 6 rings (SSSR count). The van der Waals surface area contributed by atoms with Gasteiger partial charge in [-0.3, -0.25) is 9.69 Å². The van der Waals surface area contributed by atoms with Crippen molar-refractivity contribution < 1.29 is 14.5 Å². The van der Waals surface area contributed by atoms with Crippen LogP contribution in [0.3, 0.4) is 0 Å². The molecule has 0 amide bonds. The molecule has 200 valence electrons. The second kappa shape index (κ2) is 10.00. The standard InChI is InChI=1S/C33H41N3O2/c1-23-8-11-30-29(19-23)33(2,3)32-28-22-24-9-10-27(21-26(24)20-25(28)12-14-36(30)32)35-17-15-34(16-18-35)13-6-4-5-7-31(37)38/h8-11,19,21-22,25H,4-7,12-18,20H2,1-3H3/p+1. The van der Waals surface area contributed by atoms with Crippen molar-refractivity contribution in [3.05, 3.63) is 64.2 Å². The van der Waals surface area contributed by atoms with Crippen molar-refractivity contribution in [3.8, 4) is 0 Å². The average molecular weight is 513 g/mol. The van der Waals surface area contributed by atoms with Crippen molar-refractivity contribution in [2.75, 3.05) is 44.2 Å². The Kier molecular flexibility index (Phi) is 6.67. The predicted octanol–water partition coefficient (Wildman–Crippen LogP) is 5.80. The van der Waals surface area contributed by atoms with Crippen LogP contribution in [-0.4, -0.2) is 65.5 Å². The Balaban J connectivity index is 1.15. The molecule has 2 aromatic carbocycles. The van der Waals surface area contributed by atoms with Gasteiger partial charge in [0.1, 0.15) is 6.54 Å². The average Bonchev–Trinajstić information content (AvgIpc) is 3.13. The van der Waals surface area contributed by atoms with Crippen molar-refractivity contribution in [2.45, 2.75) is 64.7 Å². The van der Waals surface area contributed by atoms with Crippen LogP contribution in [0.5, 0.6) is 0 Å². The van der Waals surface area contributed by atoms with Gasteiger partial charge in [0.15, 0.2) is 5.71 Å². The molecule has 0 bridgehead atoms. The summed E-state index contributed by atoms with van der Waals surface area (Å²) < 4.78 is 2.61. The number of carboxylic acids is 1. The summed E-state index contributed by atoms with van der Waals surface area (Å²) in [5, 5.41) is 8.81. The molecule has 5 nitrogen and oxygen atoms in total. The molecule has 2 aromatic rings. The Hall–Kier alpha value is -2.92. The molecule has 1 N–H and O–H groups in total. The second-order valence-corrected chi connectivity index (χ2v) is 12.4. The SMILES string of the molecule is Cc1ccc2c(c1)C(C)(C)C1=[N+]2CCC2Cc3cc(N4CCN(CCCCCC(=O)O)CC4)ccc3C=C12. The predicted molar refractivity (Wildman–Crippen MR) is 155 cm³/mol. The third-order valence-electron chi connectivity index (χ3n) is 9.40. The normalized spacial score (nSPS) is 21.9. The van der Waals surface area contributed by atoms with Crippen LogP contribution < -0.4 is 4.90 Å². The lowest BCUT2D eigenvalue weighted by Crippen LogP contribution is -2.46. The topological polar surface area (TPSA) is 46.8 Å². The molecule has 4 aliphatic rings. The smallest absolute Gasteiger partial charge is 0.303 e. The molecule has 1 fully saturated rings. The first kappa shape index (κ1) is 25.4. The van der Waals surface area contributed by atoms with Gasteiger partial charge >= 0.3 is 5.97 Å². The van der Waals surface area contributed by atoms with E-state index in [4.69, 9.17) is 5.11 Å². The molecule has 0 radical (unpaired) electrons. The third-order valence-corrected chi connectivity index (χ3v) is 9.40. The summed E-state index contributed by atoms with van der Waals surface area (Å²) in [5.74, 6) is -0.0701. The molecule has 0 spiro atoms. The summed E-state index contributed by atoms with van der Waals surface area (Å²) in [5.41, 5.74) is 11.7. The summed E-state index contributed by atoms with van der Waals surface area (Å²) in [6.07, 6.45) is 8.07. The number of anilines is 1. The van der Waals surface area contributed by atoms with Crippen LogP contribution in [0.4, 0.5) is 11.4 Å². The van der Waals surface area contributed by atoms with Crippen LogP contribution in [0.2, 0.25) is 0 Å². The van der Waals surface area contributed by atoms with Gasteiger partial charge < -0.3 is 10.0 Å². The van der Waals surface area contributed by atoms with E-state index in [1.54, 1.807) is 5.57 Å². The highest BCUT2D eigenvalue weighted by atomic mass is 16.4. The van der Waals surface area contributed by atoms with Crippen LogP contribution in [-0.2, 0) is 16.6 Å². The number of carbonyl (C=O) groups is 1. The van der Waals surface area contributed by atoms with E-state index >= 15 is 0 Å². The number of aryl methyl sites for hydroxylation is 1. The first-order chi connectivity index (χ1) is 18.3. The number of rotatable bonds is 7. The molecule has 1 atom stereocenters. The highest BCUT2D eigenvalue weighted by Crippen LogP contribution is 2.48. The Morgan fingerprint density at radius 2 is 1.87 bits per heavy atom. The van der Waals surface area contributed by atoms with E-state index in [0.717, 1.165) is 65.0 Å². The Labute approximate surface area is 227 Å². The van der Waals surface area contributed by atoms with Crippen molar-refractivity contribution in [1.82, 2.24) is 4.90 Å². The van der Waals surface area contributed by atoms with E-state index in [-0.39, 0.29) is 5.41 Å². The first-order valence-corrected chi connectivity index (χ1v) is 14.6. The zero-order valence-electron chi connectivity index (χ0n) is 23.3. The minimum Gasteiger partial charge on any atom is -0.481 e. The maximum Gasteiger partial charge on any atom is 0.303 e. The summed E-state index contributed by atoms with van der Waals surface area (Å²) in [6, 6.07) is 14.2. The van der Waals surface area contributed by atoms with E-state index in [2.05, 4.69) is 77.6 Å². The number of hydrogen-bond acceptors (Lipinski definition) is 3. The Morgan fingerprint density at radius 1 is 1.05 bits per heavy atom. The van der Waals surface area contributed by atoms with Gasteiger partial charge in [-0.15, -0.1) is 0 Å². The number of carboxylic acid groups (broad SMARTS) is 1. The van der Waals surface area contributed by atoms with Gasteiger partial charge in [0.25, 0.3) is 0 Å². The van der Waals surface area contributed by atoms with Gasteiger partial charge in [-0.2, -0.15) is 4.58 Å². The minimum absolute atomic E-state index is 0.0409. The van der Waals surface area contributed by atoms with Crippen LogP contribution in [0.15, 0.2) is 42.0 Å². The van der Waals surface area contributed by atoms with E-state index in [1.807, 2.05) is 0 Å². The largest absolute Gasteiger partial charge is 0.481 e. The maximum atomic E-state index is 10.7. The molecule has 3 aliphatic heterocycles. The fourth-order valence-electron chi connectivity index (χ4n) is 7.31. The molecule has 0 saturated carbocycles. The summed E-state index contributed by atoms with van der Waals surface area (Å²) in [6.45, 7) is 13.6. The van der Waals surface area contributed by atoms with E-state index < -0.39 is 5.97 Å². The molecule has 5 heteroatoms. The number of nitrogens with zero attached hydrogens (tertiary/aromatic N) is 3. The highest BCUT2D eigenvalue weighted by Gasteiger charge is 2.51. The monoisotopic (exact) mass is 512 g/mol. The van der Waals surface area contributed by atoms with Gasteiger partial charge in [0.05, 0.1) is 5.41 Å². The molecule has 1 saturated heterocycles.